The molecule has 0 bridgehead atoms. The van der Waals surface area contributed by atoms with Crippen LogP contribution in [-0.4, -0.2) is 43.8 Å². The van der Waals surface area contributed by atoms with E-state index < -0.39 is 10.1 Å². The van der Waals surface area contributed by atoms with Gasteiger partial charge in [0.1, 0.15) is 0 Å². The predicted octanol–water partition coefficient (Wildman–Crippen LogP) is 5.85. The molecule has 0 radical (unpaired) electrons. The van der Waals surface area contributed by atoms with Crippen molar-refractivity contribution in [3.8, 4) is 0 Å². The SMILES string of the molecule is CC(C(=O)Nc1ccc(Cl)cc1)C1[C@H]2CC(O)C[C@@H]12.CC(C(=O)Nc1ccc(Cl)cc1)C1[C@H]2CC(OS(C)(=O)=O)C[C@@H]12. The lowest BCUT2D eigenvalue weighted by Crippen LogP contribution is -2.25. The molecule has 42 heavy (non-hydrogen) atoms. The number of hydrogen-bond donors (Lipinski definition) is 3. The van der Waals surface area contributed by atoms with E-state index in [1.54, 1.807) is 36.4 Å². The lowest BCUT2D eigenvalue weighted by atomic mass is 9.97. The molecule has 2 aromatic rings. The van der Waals surface area contributed by atoms with Gasteiger partial charge in [-0.2, -0.15) is 8.42 Å². The van der Waals surface area contributed by atoms with Gasteiger partial charge in [-0.3, -0.25) is 13.8 Å². The lowest BCUT2D eigenvalue weighted by Gasteiger charge is -2.17. The van der Waals surface area contributed by atoms with Crippen molar-refractivity contribution in [3.05, 3.63) is 58.6 Å². The maximum Gasteiger partial charge on any atom is 0.264 e. The van der Waals surface area contributed by atoms with Crippen molar-refractivity contribution in [2.45, 2.75) is 51.7 Å². The Bertz CT molecular complexity index is 1380. The van der Waals surface area contributed by atoms with Gasteiger partial charge in [0, 0.05) is 33.3 Å². The molecule has 4 fully saturated rings. The summed E-state index contributed by atoms with van der Waals surface area (Å²) in [5.41, 5.74) is 1.52. The van der Waals surface area contributed by atoms with Crippen molar-refractivity contribution in [2.24, 2.45) is 47.3 Å². The average molecular weight is 638 g/mol. The maximum absolute atomic E-state index is 12.3. The normalized spacial score (nSPS) is 32.0. The Labute approximate surface area is 257 Å². The molecule has 4 saturated carbocycles. The van der Waals surface area contributed by atoms with E-state index in [-0.39, 0.29) is 35.9 Å². The van der Waals surface area contributed by atoms with Crippen LogP contribution in [0.3, 0.4) is 0 Å². The van der Waals surface area contributed by atoms with Crippen LogP contribution < -0.4 is 10.6 Å². The van der Waals surface area contributed by atoms with E-state index in [1.807, 2.05) is 26.0 Å². The molecule has 11 heteroatoms. The fraction of sp³-hybridized carbons (Fsp3) is 0.548. The Kier molecular flexibility index (Phi) is 9.26. The molecule has 3 N–H and O–H groups in total. The van der Waals surface area contributed by atoms with Gasteiger partial charge >= 0.3 is 0 Å². The van der Waals surface area contributed by atoms with Gasteiger partial charge in [0.05, 0.1) is 18.5 Å². The highest BCUT2D eigenvalue weighted by atomic mass is 35.5. The first kappa shape index (κ1) is 31.3. The van der Waals surface area contributed by atoms with E-state index in [0.29, 0.717) is 45.6 Å². The fourth-order valence-electron chi connectivity index (χ4n) is 7.44. The third kappa shape index (κ3) is 7.48. The van der Waals surface area contributed by atoms with Gasteiger partial charge in [-0.25, -0.2) is 0 Å². The topological polar surface area (TPSA) is 122 Å². The second-order valence-electron chi connectivity index (χ2n) is 12.4. The molecule has 0 aromatic heterocycles. The maximum atomic E-state index is 12.3. The third-order valence-electron chi connectivity index (χ3n) is 9.47. The minimum Gasteiger partial charge on any atom is -0.393 e. The minimum atomic E-state index is -3.40. The summed E-state index contributed by atoms with van der Waals surface area (Å²) in [5.74, 6) is 2.65. The first-order chi connectivity index (χ1) is 19.8. The second kappa shape index (κ2) is 12.4. The summed E-state index contributed by atoms with van der Waals surface area (Å²) < 4.78 is 27.4. The Morgan fingerprint density at radius 1 is 0.762 bits per heavy atom. The van der Waals surface area contributed by atoms with Crippen LogP contribution in [0.2, 0.25) is 10.0 Å². The van der Waals surface area contributed by atoms with E-state index in [9.17, 15) is 23.1 Å². The second-order valence-corrected chi connectivity index (χ2v) is 14.9. The molecule has 2 aromatic carbocycles. The summed E-state index contributed by atoms with van der Waals surface area (Å²) in [6, 6.07) is 14.2. The number of anilines is 2. The number of aliphatic hydroxyl groups is 1. The molecule has 0 heterocycles. The van der Waals surface area contributed by atoms with E-state index >= 15 is 0 Å². The van der Waals surface area contributed by atoms with Crippen LogP contribution in [0.1, 0.15) is 39.5 Å². The standard InChI is InChI=1S/C16H20ClNO4S.C15H18ClNO2/c1-9(16(19)18-11-5-3-10(17)4-6-11)15-13-7-12(8-14(13)15)22-23(2,20)21;1-8(14-12-6-11(18)7-13(12)14)15(19)17-10-4-2-9(16)3-5-10/h3-6,9,12-15H,7-8H2,1-2H3,(H,18,19);2-5,8,11-14,18H,6-7H2,1H3,(H,17,19)/t9?,12?,13-,14+,15?;8?,11?,12-,13+,14?. The van der Waals surface area contributed by atoms with Gasteiger partial charge < -0.3 is 15.7 Å². The number of aliphatic hydroxyl groups excluding tert-OH is 1. The summed E-state index contributed by atoms with van der Waals surface area (Å²) in [6.07, 6.45) is 3.90. The molecule has 8 nitrogen and oxygen atoms in total. The van der Waals surface area contributed by atoms with Crippen LogP contribution >= 0.6 is 23.2 Å². The van der Waals surface area contributed by atoms with Gasteiger partial charge in [0.25, 0.3) is 10.1 Å². The fourth-order valence-corrected chi connectivity index (χ4v) is 8.35. The van der Waals surface area contributed by atoms with Crippen molar-refractivity contribution in [1.82, 2.24) is 0 Å². The lowest BCUT2D eigenvalue weighted by molar-refractivity contribution is -0.121. The summed E-state index contributed by atoms with van der Waals surface area (Å²) in [7, 11) is -3.40. The molecular weight excluding hydrogens is 599 g/mol. The Hall–Kier alpha value is -2.17. The van der Waals surface area contributed by atoms with Crippen molar-refractivity contribution in [3.63, 3.8) is 0 Å². The number of carbonyl (C=O) groups is 2. The van der Waals surface area contributed by atoms with E-state index in [2.05, 4.69) is 10.6 Å². The number of carbonyl (C=O) groups excluding carboxylic acids is 2. The van der Waals surface area contributed by atoms with Crippen LogP contribution in [0.5, 0.6) is 0 Å². The van der Waals surface area contributed by atoms with Crippen LogP contribution in [0, 0.1) is 47.3 Å². The highest BCUT2D eigenvalue weighted by Crippen LogP contribution is 2.62. The van der Waals surface area contributed by atoms with Gasteiger partial charge in [-0.05, 0) is 110 Å². The number of fused-ring (bicyclic) bond motifs is 2. The minimum absolute atomic E-state index is 0.00713. The number of rotatable bonds is 8. The van der Waals surface area contributed by atoms with Crippen LogP contribution in [-0.2, 0) is 23.9 Å². The van der Waals surface area contributed by atoms with Gasteiger partial charge in [-0.1, -0.05) is 37.0 Å². The molecule has 6 rings (SSSR count). The van der Waals surface area contributed by atoms with Crippen LogP contribution in [0.4, 0.5) is 11.4 Å². The van der Waals surface area contributed by atoms with Crippen molar-refractivity contribution in [2.75, 3.05) is 16.9 Å². The van der Waals surface area contributed by atoms with E-state index in [4.69, 9.17) is 27.4 Å². The molecule has 4 aliphatic rings. The van der Waals surface area contributed by atoms with Gasteiger partial charge in [0.2, 0.25) is 11.8 Å². The smallest absolute Gasteiger partial charge is 0.264 e. The summed E-state index contributed by atoms with van der Waals surface area (Å²) in [4.78, 5) is 24.5. The Balaban J connectivity index is 0.000000171. The average Bonchev–Trinajstić information content (AvgIpc) is 3.65. The highest BCUT2D eigenvalue weighted by Gasteiger charge is 2.60. The monoisotopic (exact) mass is 636 g/mol. The molecular formula is C31H38Cl2N2O6S. The van der Waals surface area contributed by atoms with Crippen molar-refractivity contribution in [1.29, 1.82) is 0 Å². The quantitative estimate of drug-likeness (QED) is 0.313. The van der Waals surface area contributed by atoms with E-state index in [1.165, 1.54) is 0 Å². The Morgan fingerprint density at radius 3 is 1.48 bits per heavy atom. The number of halogens is 2. The highest BCUT2D eigenvalue weighted by molar-refractivity contribution is 7.86. The van der Waals surface area contributed by atoms with Crippen LogP contribution in [0.15, 0.2) is 48.5 Å². The molecule has 6 unspecified atom stereocenters. The summed E-state index contributed by atoms with van der Waals surface area (Å²) in [6.45, 7) is 3.92. The zero-order valence-corrected chi connectivity index (χ0v) is 26.2. The molecule has 228 valence electrons. The van der Waals surface area contributed by atoms with Gasteiger partial charge in [-0.15, -0.1) is 0 Å². The van der Waals surface area contributed by atoms with Gasteiger partial charge in [0.15, 0.2) is 0 Å². The molecule has 0 spiro atoms. The number of benzene rings is 2. The van der Waals surface area contributed by atoms with E-state index in [0.717, 1.165) is 43.3 Å². The zero-order chi connectivity index (χ0) is 30.3. The molecule has 4 aliphatic carbocycles. The van der Waals surface area contributed by atoms with Crippen molar-refractivity contribution >= 4 is 56.5 Å². The molecule has 2 amide bonds. The number of nitrogens with one attached hydrogen (secondary N) is 2. The largest absolute Gasteiger partial charge is 0.393 e. The molecule has 0 aliphatic heterocycles. The number of hydrogen-bond acceptors (Lipinski definition) is 6. The molecule has 0 saturated heterocycles. The first-order valence-corrected chi connectivity index (χ1v) is 17.1. The van der Waals surface area contributed by atoms with Crippen LogP contribution in [0.25, 0.3) is 0 Å². The predicted molar refractivity (Wildman–Crippen MR) is 164 cm³/mol. The van der Waals surface area contributed by atoms with Crippen molar-refractivity contribution < 1.29 is 27.3 Å². The zero-order valence-electron chi connectivity index (χ0n) is 23.9. The summed E-state index contributed by atoms with van der Waals surface area (Å²) >= 11 is 11.6. The Morgan fingerprint density at radius 2 is 1.12 bits per heavy atom. The third-order valence-corrected chi connectivity index (χ3v) is 10.6. The number of amides is 2. The molecule has 10 atom stereocenters. The first-order valence-electron chi connectivity index (χ1n) is 14.5. The summed E-state index contributed by atoms with van der Waals surface area (Å²) in [5, 5.41) is 16.6.